The zero-order valence-corrected chi connectivity index (χ0v) is 20.8. The van der Waals surface area contributed by atoms with Crippen molar-refractivity contribution >= 4 is 32.3 Å². The summed E-state index contributed by atoms with van der Waals surface area (Å²) in [6, 6.07) is 50.9. The van der Waals surface area contributed by atoms with Gasteiger partial charge in [0.1, 0.15) is 0 Å². The van der Waals surface area contributed by atoms with Crippen molar-refractivity contribution in [3.63, 3.8) is 0 Å². The van der Waals surface area contributed by atoms with E-state index >= 15 is 0 Å². The molecule has 0 heterocycles. The van der Waals surface area contributed by atoms with Gasteiger partial charge in [-0.2, -0.15) is 0 Å². The molecule has 0 aliphatic heterocycles. The van der Waals surface area contributed by atoms with Gasteiger partial charge in [0.05, 0.1) is 0 Å². The Morgan fingerprint density at radius 1 is 0.270 bits per heavy atom. The van der Waals surface area contributed by atoms with Gasteiger partial charge < -0.3 is 0 Å². The molecule has 0 saturated heterocycles. The van der Waals surface area contributed by atoms with Gasteiger partial charge in [-0.25, -0.2) is 0 Å². The normalized spacial score (nSPS) is 11.4. The van der Waals surface area contributed by atoms with Crippen LogP contribution in [0.3, 0.4) is 0 Å². The summed E-state index contributed by atoms with van der Waals surface area (Å²) in [6.45, 7) is 2.18. The molecule has 0 fully saturated rings. The van der Waals surface area contributed by atoms with E-state index in [9.17, 15) is 0 Å². The monoisotopic (exact) mass is 470 g/mol. The van der Waals surface area contributed by atoms with Crippen LogP contribution in [0.15, 0.2) is 140 Å². The highest BCUT2D eigenvalue weighted by Gasteiger charge is 2.11. The molecule has 0 N–H and O–H groups in total. The Labute approximate surface area is 217 Å². The summed E-state index contributed by atoms with van der Waals surface area (Å²) in [5.41, 5.74) is 8.71. The molecule has 0 aliphatic carbocycles. The highest BCUT2D eigenvalue weighted by atomic mass is 14.1. The standard InChI is InChI=1S/C37H26/c1-25-17-19-34-32-15-5-6-16-33(32)35-20-18-31(24-37(35)36(34)21-25)30-14-8-13-29(23-30)28-12-7-11-27(22-28)26-9-3-2-4-10-26/h2-24H,1H3. The van der Waals surface area contributed by atoms with Crippen molar-refractivity contribution in [3.05, 3.63) is 145 Å². The maximum absolute atomic E-state index is 2.38. The Bertz CT molecular complexity index is 1930. The highest BCUT2D eigenvalue weighted by Crippen LogP contribution is 2.38. The molecular formula is C37H26. The van der Waals surface area contributed by atoms with Crippen molar-refractivity contribution in [3.8, 4) is 33.4 Å². The Morgan fingerprint density at radius 3 is 1.32 bits per heavy atom. The molecule has 0 atom stereocenters. The zero-order chi connectivity index (χ0) is 24.8. The first kappa shape index (κ1) is 21.6. The summed E-state index contributed by atoms with van der Waals surface area (Å²) in [6.07, 6.45) is 0. The first-order valence-corrected chi connectivity index (χ1v) is 12.9. The van der Waals surface area contributed by atoms with E-state index in [0.717, 1.165) is 0 Å². The average molecular weight is 471 g/mol. The van der Waals surface area contributed by atoms with Crippen molar-refractivity contribution in [1.82, 2.24) is 0 Å². The fourth-order valence-corrected chi connectivity index (χ4v) is 5.64. The maximum Gasteiger partial charge on any atom is -0.00927 e. The molecule has 37 heavy (non-hydrogen) atoms. The Balaban J connectivity index is 1.39. The molecule has 0 aromatic heterocycles. The number of fused-ring (bicyclic) bond motifs is 6. The Kier molecular flexibility index (Phi) is 5.11. The van der Waals surface area contributed by atoms with Crippen LogP contribution >= 0.6 is 0 Å². The Morgan fingerprint density at radius 2 is 0.703 bits per heavy atom. The van der Waals surface area contributed by atoms with Gasteiger partial charge in [-0.05, 0) is 90.8 Å². The fourth-order valence-electron chi connectivity index (χ4n) is 5.64. The van der Waals surface area contributed by atoms with E-state index < -0.39 is 0 Å². The molecule has 7 rings (SSSR count). The van der Waals surface area contributed by atoms with Crippen molar-refractivity contribution in [1.29, 1.82) is 0 Å². The minimum Gasteiger partial charge on any atom is -0.0622 e. The number of hydrogen-bond acceptors (Lipinski definition) is 0. The van der Waals surface area contributed by atoms with Gasteiger partial charge in [0, 0.05) is 0 Å². The predicted molar refractivity (Wildman–Crippen MR) is 160 cm³/mol. The molecule has 7 aromatic carbocycles. The van der Waals surface area contributed by atoms with Crippen LogP contribution in [-0.2, 0) is 0 Å². The molecule has 0 unspecified atom stereocenters. The summed E-state index contributed by atoms with van der Waals surface area (Å²) in [7, 11) is 0. The van der Waals surface area contributed by atoms with Crippen LogP contribution in [0.25, 0.3) is 65.7 Å². The van der Waals surface area contributed by atoms with E-state index in [1.165, 1.54) is 71.3 Å². The third-order valence-electron chi connectivity index (χ3n) is 7.49. The van der Waals surface area contributed by atoms with Crippen molar-refractivity contribution in [2.75, 3.05) is 0 Å². The zero-order valence-electron chi connectivity index (χ0n) is 20.8. The topological polar surface area (TPSA) is 0 Å². The average Bonchev–Trinajstić information content (AvgIpc) is 2.97. The smallest absolute Gasteiger partial charge is 0.00927 e. The number of benzene rings is 7. The molecule has 0 spiro atoms. The molecule has 0 bridgehead atoms. The van der Waals surface area contributed by atoms with Gasteiger partial charge in [0.15, 0.2) is 0 Å². The second-order valence-corrected chi connectivity index (χ2v) is 9.88. The van der Waals surface area contributed by atoms with Crippen LogP contribution in [0, 0.1) is 6.92 Å². The van der Waals surface area contributed by atoms with Gasteiger partial charge in [-0.3, -0.25) is 0 Å². The van der Waals surface area contributed by atoms with E-state index in [1.807, 2.05) is 0 Å². The van der Waals surface area contributed by atoms with E-state index in [4.69, 9.17) is 0 Å². The summed E-state index contributed by atoms with van der Waals surface area (Å²) >= 11 is 0. The largest absolute Gasteiger partial charge is 0.0622 e. The molecule has 0 amide bonds. The van der Waals surface area contributed by atoms with Crippen LogP contribution in [0.5, 0.6) is 0 Å². The second kappa shape index (κ2) is 8.76. The first-order valence-electron chi connectivity index (χ1n) is 12.9. The van der Waals surface area contributed by atoms with Crippen molar-refractivity contribution < 1.29 is 0 Å². The molecule has 0 saturated carbocycles. The predicted octanol–water partition coefficient (Wildman–Crippen LogP) is 10.5. The number of aryl methyl sites for hydroxylation is 1. The van der Waals surface area contributed by atoms with Crippen LogP contribution in [-0.4, -0.2) is 0 Å². The summed E-state index contributed by atoms with van der Waals surface area (Å²) in [5, 5.41) is 7.89. The Hall–Kier alpha value is -4.68. The molecule has 7 aromatic rings. The first-order chi connectivity index (χ1) is 18.2. The lowest BCUT2D eigenvalue weighted by Crippen LogP contribution is -1.87. The molecule has 0 heteroatoms. The van der Waals surface area contributed by atoms with E-state index in [-0.39, 0.29) is 0 Å². The molecule has 0 aliphatic rings. The highest BCUT2D eigenvalue weighted by molar-refractivity contribution is 6.25. The third-order valence-corrected chi connectivity index (χ3v) is 7.49. The van der Waals surface area contributed by atoms with Gasteiger partial charge >= 0.3 is 0 Å². The summed E-state index contributed by atoms with van der Waals surface area (Å²) in [4.78, 5) is 0. The van der Waals surface area contributed by atoms with Gasteiger partial charge in [0.2, 0.25) is 0 Å². The molecule has 0 nitrogen and oxygen atoms in total. The number of hydrogen-bond donors (Lipinski definition) is 0. The molecule has 174 valence electrons. The second-order valence-electron chi connectivity index (χ2n) is 9.88. The van der Waals surface area contributed by atoms with Crippen LogP contribution in [0.2, 0.25) is 0 Å². The lowest BCUT2D eigenvalue weighted by Gasteiger charge is -2.13. The van der Waals surface area contributed by atoms with Gasteiger partial charge in [-0.15, -0.1) is 0 Å². The van der Waals surface area contributed by atoms with Crippen LogP contribution < -0.4 is 0 Å². The fraction of sp³-hybridized carbons (Fsp3) is 0.0270. The molecular weight excluding hydrogens is 444 g/mol. The van der Waals surface area contributed by atoms with Crippen LogP contribution in [0.1, 0.15) is 5.56 Å². The third kappa shape index (κ3) is 3.79. The van der Waals surface area contributed by atoms with E-state index in [2.05, 4.69) is 146 Å². The molecule has 0 radical (unpaired) electrons. The minimum absolute atomic E-state index is 1.23. The van der Waals surface area contributed by atoms with Crippen molar-refractivity contribution in [2.45, 2.75) is 6.92 Å². The lowest BCUT2D eigenvalue weighted by atomic mass is 9.90. The summed E-state index contributed by atoms with van der Waals surface area (Å²) < 4.78 is 0. The van der Waals surface area contributed by atoms with Gasteiger partial charge in [-0.1, -0.05) is 127 Å². The quantitative estimate of drug-likeness (QED) is 0.225. The van der Waals surface area contributed by atoms with Crippen LogP contribution in [0.4, 0.5) is 0 Å². The van der Waals surface area contributed by atoms with Crippen molar-refractivity contribution in [2.24, 2.45) is 0 Å². The minimum atomic E-state index is 1.23. The lowest BCUT2D eigenvalue weighted by molar-refractivity contribution is 1.51. The summed E-state index contributed by atoms with van der Waals surface area (Å²) in [5.74, 6) is 0. The number of rotatable bonds is 3. The van der Waals surface area contributed by atoms with E-state index in [1.54, 1.807) is 0 Å². The SMILES string of the molecule is Cc1ccc2c3ccccc3c3ccc(-c4cccc(-c5cccc(-c6ccccc6)c5)c4)cc3c2c1. The van der Waals surface area contributed by atoms with E-state index in [0.29, 0.717) is 0 Å². The maximum atomic E-state index is 2.38. The van der Waals surface area contributed by atoms with Gasteiger partial charge in [0.25, 0.3) is 0 Å².